The van der Waals surface area contributed by atoms with Crippen molar-refractivity contribution in [3.63, 3.8) is 0 Å². The monoisotopic (exact) mass is 279 g/mol. The molecule has 3 rings (SSSR count). The number of benzene rings is 1. The van der Waals surface area contributed by atoms with Gasteiger partial charge in [-0.25, -0.2) is 13.6 Å². The van der Waals surface area contributed by atoms with Crippen molar-refractivity contribution in [2.75, 3.05) is 13.1 Å². The number of amides is 1. The van der Waals surface area contributed by atoms with Crippen molar-refractivity contribution in [1.29, 1.82) is 0 Å². The van der Waals surface area contributed by atoms with Gasteiger partial charge in [-0.1, -0.05) is 6.92 Å². The summed E-state index contributed by atoms with van der Waals surface area (Å²) >= 11 is 0. The summed E-state index contributed by atoms with van der Waals surface area (Å²) in [5, 5.41) is 4.07. The summed E-state index contributed by atoms with van der Waals surface area (Å²) in [6.45, 7) is 3.45. The van der Waals surface area contributed by atoms with Crippen LogP contribution in [-0.4, -0.2) is 33.8 Å². The quantitative estimate of drug-likeness (QED) is 0.743. The van der Waals surface area contributed by atoms with Gasteiger partial charge in [-0.3, -0.25) is 0 Å². The number of fused-ring (bicyclic) bond motifs is 1. The van der Waals surface area contributed by atoms with Gasteiger partial charge in [-0.2, -0.15) is 9.78 Å². The molecule has 1 fully saturated rings. The molecule has 106 valence electrons. The smallest absolute Gasteiger partial charge is 0.323 e. The predicted molar refractivity (Wildman–Crippen MR) is 70.4 cm³/mol. The van der Waals surface area contributed by atoms with Crippen molar-refractivity contribution < 1.29 is 13.6 Å². The summed E-state index contributed by atoms with van der Waals surface area (Å²) < 4.78 is 28.0. The maximum atomic E-state index is 13.6. The summed E-state index contributed by atoms with van der Waals surface area (Å²) in [6.07, 6.45) is 3.13. The van der Waals surface area contributed by atoms with Crippen LogP contribution in [0.4, 0.5) is 13.6 Å². The molecule has 6 heteroatoms. The second kappa shape index (κ2) is 4.85. The third-order valence-corrected chi connectivity index (χ3v) is 3.84. The Balaban J connectivity index is 1.96. The van der Waals surface area contributed by atoms with E-state index in [1.807, 2.05) is 0 Å². The van der Waals surface area contributed by atoms with Gasteiger partial charge in [-0.05, 0) is 18.8 Å². The number of likely N-dealkylation sites (tertiary alicyclic amines) is 1. The van der Waals surface area contributed by atoms with E-state index < -0.39 is 11.6 Å². The molecule has 1 saturated heterocycles. The minimum Gasteiger partial charge on any atom is -0.323 e. The summed E-state index contributed by atoms with van der Waals surface area (Å²) in [5.74, 6) is -0.813. The molecule has 2 heterocycles. The fraction of sp³-hybridized carbons (Fsp3) is 0.429. The Hall–Kier alpha value is -1.98. The number of aromatic nitrogens is 2. The minimum absolute atomic E-state index is 0.158. The second-order valence-corrected chi connectivity index (χ2v) is 5.33. The summed E-state index contributed by atoms with van der Waals surface area (Å²) in [4.78, 5) is 14.1. The van der Waals surface area contributed by atoms with Gasteiger partial charge < -0.3 is 4.90 Å². The van der Waals surface area contributed by atoms with Crippen molar-refractivity contribution in [3.8, 4) is 0 Å². The van der Waals surface area contributed by atoms with Gasteiger partial charge in [0, 0.05) is 25.2 Å². The van der Waals surface area contributed by atoms with Crippen LogP contribution in [0.25, 0.3) is 10.9 Å². The number of carbonyl (C=O) groups is 1. The molecule has 20 heavy (non-hydrogen) atoms. The first-order valence-corrected chi connectivity index (χ1v) is 6.68. The van der Waals surface area contributed by atoms with Crippen molar-refractivity contribution in [2.24, 2.45) is 5.92 Å². The van der Waals surface area contributed by atoms with E-state index in [9.17, 15) is 13.6 Å². The standard InChI is InChI=1S/C14H15F2N3O/c1-9-2-4-18(5-3-9)14(20)19-13-7-10(15)6-12(16)11(13)8-17-19/h6-9H,2-5H2,1H3. The number of hydrogen-bond acceptors (Lipinski definition) is 2. The van der Waals surface area contributed by atoms with E-state index in [1.54, 1.807) is 4.90 Å². The Kier molecular flexibility index (Phi) is 3.16. The molecule has 0 bridgehead atoms. The molecule has 2 aromatic rings. The number of nitrogens with zero attached hydrogens (tertiary/aromatic N) is 3. The van der Waals surface area contributed by atoms with E-state index in [0.29, 0.717) is 19.0 Å². The highest BCUT2D eigenvalue weighted by Gasteiger charge is 2.23. The first-order valence-electron chi connectivity index (χ1n) is 6.68. The lowest BCUT2D eigenvalue weighted by Crippen LogP contribution is -2.40. The van der Waals surface area contributed by atoms with Crippen molar-refractivity contribution in [3.05, 3.63) is 30.0 Å². The minimum atomic E-state index is -0.711. The SMILES string of the molecule is CC1CCN(C(=O)n2ncc3c(F)cc(F)cc32)CC1. The van der Waals surface area contributed by atoms with Crippen molar-refractivity contribution in [1.82, 2.24) is 14.7 Å². The number of piperidine rings is 1. The normalized spacial score (nSPS) is 16.9. The Bertz CT molecular complexity index is 660. The van der Waals surface area contributed by atoms with E-state index in [4.69, 9.17) is 0 Å². The van der Waals surface area contributed by atoms with Gasteiger partial charge in [0.05, 0.1) is 17.1 Å². The Morgan fingerprint density at radius 2 is 2.00 bits per heavy atom. The summed E-state index contributed by atoms with van der Waals surface area (Å²) in [5.41, 5.74) is 0.172. The molecule has 1 aromatic heterocycles. The molecule has 1 aliphatic rings. The molecule has 1 aliphatic heterocycles. The van der Waals surface area contributed by atoms with Crippen LogP contribution in [0.15, 0.2) is 18.3 Å². The number of halogens is 2. The first-order chi connectivity index (χ1) is 9.56. The number of rotatable bonds is 0. The van der Waals surface area contributed by atoms with Crippen LogP contribution in [0.1, 0.15) is 19.8 Å². The lowest BCUT2D eigenvalue weighted by atomic mass is 10.00. The molecule has 0 radical (unpaired) electrons. The average molecular weight is 279 g/mol. The van der Waals surface area contributed by atoms with Crippen LogP contribution in [0, 0.1) is 17.6 Å². The molecule has 4 nitrogen and oxygen atoms in total. The van der Waals surface area contributed by atoms with E-state index >= 15 is 0 Å². The van der Waals surface area contributed by atoms with Crippen LogP contribution in [0.5, 0.6) is 0 Å². The average Bonchev–Trinajstić information content (AvgIpc) is 2.82. The van der Waals surface area contributed by atoms with E-state index in [1.165, 1.54) is 6.20 Å². The highest BCUT2D eigenvalue weighted by molar-refractivity contribution is 5.90. The van der Waals surface area contributed by atoms with Crippen LogP contribution in [0.3, 0.4) is 0 Å². The highest BCUT2D eigenvalue weighted by Crippen LogP contribution is 2.21. The molecular weight excluding hydrogens is 264 g/mol. The van der Waals surface area contributed by atoms with Crippen molar-refractivity contribution in [2.45, 2.75) is 19.8 Å². The maximum absolute atomic E-state index is 13.6. The van der Waals surface area contributed by atoms with Crippen LogP contribution < -0.4 is 0 Å². The van der Waals surface area contributed by atoms with Gasteiger partial charge in [0.2, 0.25) is 0 Å². The fourth-order valence-electron chi connectivity index (χ4n) is 2.54. The van der Waals surface area contributed by atoms with Gasteiger partial charge in [-0.15, -0.1) is 0 Å². The third kappa shape index (κ3) is 2.15. The largest absolute Gasteiger partial charge is 0.345 e. The molecule has 0 spiro atoms. The molecule has 0 N–H and O–H groups in total. The highest BCUT2D eigenvalue weighted by atomic mass is 19.1. The number of carbonyl (C=O) groups excluding carboxylic acids is 1. The van der Waals surface area contributed by atoms with Gasteiger partial charge in [0.25, 0.3) is 0 Å². The Morgan fingerprint density at radius 3 is 2.70 bits per heavy atom. The van der Waals surface area contributed by atoms with E-state index in [0.717, 1.165) is 29.7 Å². The van der Waals surface area contributed by atoms with E-state index in [2.05, 4.69) is 12.0 Å². The molecular formula is C14H15F2N3O. The van der Waals surface area contributed by atoms with Gasteiger partial charge >= 0.3 is 6.03 Å². The van der Waals surface area contributed by atoms with Crippen LogP contribution in [0.2, 0.25) is 0 Å². The third-order valence-electron chi connectivity index (χ3n) is 3.84. The summed E-state index contributed by atoms with van der Waals surface area (Å²) in [6, 6.07) is 1.61. The maximum Gasteiger partial charge on any atom is 0.345 e. The molecule has 0 saturated carbocycles. The molecule has 1 amide bonds. The van der Waals surface area contributed by atoms with Crippen molar-refractivity contribution >= 4 is 16.9 Å². The van der Waals surface area contributed by atoms with Gasteiger partial charge in [0.1, 0.15) is 11.6 Å². The lowest BCUT2D eigenvalue weighted by molar-refractivity contribution is 0.173. The second-order valence-electron chi connectivity index (χ2n) is 5.33. The fourth-order valence-corrected chi connectivity index (χ4v) is 2.54. The van der Waals surface area contributed by atoms with E-state index in [-0.39, 0.29) is 16.9 Å². The molecule has 0 unspecified atom stereocenters. The Morgan fingerprint density at radius 1 is 1.30 bits per heavy atom. The first kappa shape index (κ1) is 13.0. The van der Waals surface area contributed by atoms with Crippen LogP contribution >= 0.6 is 0 Å². The Labute approximate surface area is 115 Å². The van der Waals surface area contributed by atoms with Crippen LogP contribution in [-0.2, 0) is 0 Å². The zero-order chi connectivity index (χ0) is 14.3. The zero-order valence-corrected chi connectivity index (χ0v) is 11.1. The van der Waals surface area contributed by atoms with Gasteiger partial charge in [0.15, 0.2) is 0 Å². The lowest BCUT2D eigenvalue weighted by Gasteiger charge is -2.29. The molecule has 0 atom stereocenters. The zero-order valence-electron chi connectivity index (χ0n) is 11.1. The topological polar surface area (TPSA) is 38.1 Å². The molecule has 0 aliphatic carbocycles. The molecule has 1 aromatic carbocycles. The number of hydrogen-bond donors (Lipinski definition) is 0. The predicted octanol–water partition coefficient (Wildman–Crippen LogP) is 3.01. The summed E-state index contributed by atoms with van der Waals surface area (Å²) in [7, 11) is 0.